The number of carbonyl (C=O) groups is 1. The summed E-state index contributed by atoms with van der Waals surface area (Å²) in [4.78, 5) is 11.7. The van der Waals surface area contributed by atoms with Crippen molar-refractivity contribution in [3.63, 3.8) is 0 Å². The molecule has 1 heterocycles. The molecule has 0 aromatic carbocycles. The van der Waals surface area contributed by atoms with Gasteiger partial charge in [-0.25, -0.2) is 0 Å². The first-order valence-electron chi connectivity index (χ1n) is 5.06. The minimum atomic E-state index is -0.760. The maximum Gasteiger partial charge on any atom is 0.240 e. The summed E-state index contributed by atoms with van der Waals surface area (Å²) in [5, 5.41) is 6.98. The minimum Gasteiger partial charge on any atom is -0.350 e. The van der Waals surface area contributed by atoms with E-state index in [0.717, 1.165) is 0 Å². The van der Waals surface area contributed by atoms with Gasteiger partial charge in [0.2, 0.25) is 5.91 Å². The Balaban J connectivity index is 2.52. The predicted octanol–water partition coefficient (Wildman–Crippen LogP) is 1.80. The monoisotopic (exact) mass is 226 g/mol. The summed E-state index contributed by atoms with van der Waals surface area (Å²) < 4.78 is 0. The van der Waals surface area contributed by atoms with Crippen molar-refractivity contribution in [1.82, 2.24) is 5.32 Å². The lowest BCUT2D eigenvalue weighted by atomic mass is 9.99. The highest BCUT2D eigenvalue weighted by molar-refractivity contribution is 7.08. The first-order chi connectivity index (χ1) is 6.97. The van der Waals surface area contributed by atoms with Gasteiger partial charge in [-0.15, -0.1) is 0 Å². The molecule has 4 heteroatoms. The van der Waals surface area contributed by atoms with Crippen molar-refractivity contribution in [2.75, 3.05) is 0 Å². The zero-order valence-corrected chi connectivity index (χ0v) is 10.3. The Hall–Kier alpha value is -0.870. The Kier molecular flexibility index (Phi) is 3.88. The summed E-state index contributed by atoms with van der Waals surface area (Å²) in [6, 6.07) is 0. The fourth-order valence-electron chi connectivity index (χ4n) is 1.11. The number of aryl methyl sites for hydroxylation is 1. The quantitative estimate of drug-likeness (QED) is 0.822. The second-order valence-corrected chi connectivity index (χ2v) is 4.78. The zero-order chi connectivity index (χ0) is 11.5. The van der Waals surface area contributed by atoms with Crippen LogP contribution in [-0.2, 0) is 11.3 Å². The van der Waals surface area contributed by atoms with Crippen molar-refractivity contribution in [3.8, 4) is 0 Å². The van der Waals surface area contributed by atoms with Gasteiger partial charge < -0.3 is 11.1 Å². The van der Waals surface area contributed by atoms with Gasteiger partial charge in [0.25, 0.3) is 0 Å². The van der Waals surface area contributed by atoms with Crippen molar-refractivity contribution in [3.05, 3.63) is 21.9 Å². The molecule has 1 atom stereocenters. The van der Waals surface area contributed by atoms with E-state index in [0.29, 0.717) is 13.0 Å². The molecule has 1 rings (SSSR count). The third-order valence-electron chi connectivity index (χ3n) is 2.65. The molecule has 3 N–H and O–H groups in total. The number of thiophene rings is 1. The van der Waals surface area contributed by atoms with Gasteiger partial charge in [0.05, 0.1) is 5.54 Å². The van der Waals surface area contributed by atoms with Crippen LogP contribution < -0.4 is 11.1 Å². The van der Waals surface area contributed by atoms with Gasteiger partial charge in [-0.05, 0) is 42.2 Å². The van der Waals surface area contributed by atoms with Crippen LogP contribution in [0.5, 0.6) is 0 Å². The summed E-state index contributed by atoms with van der Waals surface area (Å²) in [5.41, 5.74) is 7.45. The van der Waals surface area contributed by atoms with E-state index in [4.69, 9.17) is 5.73 Å². The van der Waals surface area contributed by atoms with Crippen molar-refractivity contribution in [2.24, 2.45) is 5.73 Å². The van der Waals surface area contributed by atoms with Crippen LogP contribution in [0.1, 0.15) is 31.4 Å². The molecule has 0 fully saturated rings. The van der Waals surface area contributed by atoms with Gasteiger partial charge in [-0.1, -0.05) is 6.92 Å². The summed E-state index contributed by atoms with van der Waals surface area (Å²) in [6.45, 7) is 6.28. The second-order valence-electron chi connectivity index (χ2n) is 4.03. The van der Waals surface area contributed by atoms with Crippen molar-refractivity contribution < 1.29 is 4.79 Å². The number of hydrogen-bond acceptors (Lipinski definition) is 3. The summed E-state index contributed by atoms with van der Waals surface area (Å²) in [7, 11) is 0. The molecule has 0 saturated heterocycles. The number of hydrogen-bond donors (Lipinski definition) is 2. The average Bonchev–Trinajstić information content (AvgIpc) is 2.60. The van der Waals surface area contributed by atoms with E-state index in [1.807, 2.05) is 13.8 Å². The van der Waals surface area contributed by atoms with Crippen LogP contribution in [0, 0.1) is 6.92 Å². The molecule has 0 radical (unpaired) electrons. The summed E-state index contributed by atoms with van der Waals surface area (Å²) in [5.74, 6) is -0.0874. The Bertz CT molecular complexity index is 344. The highest BCUT2D eigenvalue weighted by atomic mass is 32.1. The van der Waals surface area contributed by atoms with Crippen LogP contribution in [0.2, 0.25) is 0 Å². The molecule has 0 aliphatic heterocycles. The number of carbonyl (C=O) groups excluding carboxylic acids is 1. The Morgan fingerprint density at radius 1 is 1.60 bits per heavy atom. The predicted molar refractivity (Wildman–Crippen MR) is 63.8 cm³/mol. The molecule has 0 bridgehead atoms. The number of nitrogens with two attached hydrogens (primary N) is 1. The van der Waals surface area contributed by atoms with Crippen molar-refractivity contribution in [1.29, 1.82) is 0 Å². The molecule has 0 spiro atoms. The molecule has 1 aromatic rings. The van der Waals surface area contributed by atoms with Gasteiger partial charge in [-0.2, -0.15) is 11.3 Å². The molecule has 1 amide bonds. The minimum absolute atomic E-state index is 0.0874. The lowest BCUT2D eigenvalue weighted by Gasteiger charge is -2.21. The highest BCUT2D eigenvalue weighted by Crippen LogP contribution is 2.13. The number of rotatable bonds is 4. The third-order valence-corrected chi connectivity index (χ3v) is 3.56. The maximum atomic E-state index is 11.7. The van der Waals surface area contributed by atoms with Crippen molar-refractivity contribution >= 4 is 17.2 Å². The van der Waals surface area contributed by atoms with Crippen LogP contribution in [-0.4, -0.2) is 11.4 Å². The SMILES string of the molecule is CCC(C)(N)C(=O)NCc1cscc1C. The van der Waals surface area contributed by atoms with Crippen LogP contribution in [0.4, 0.5) is 0 Å². The first kappa shape index (κ1) is 12.2. The van der Waals surface area contributed by atoms with Crippen LogP contribution in [0.25, 0.3) is 0 Å². The van der Waals surface area contributed by atoms with E-state index < -0.39 is 5.54 Å². The van der Waals surface area contributed by atoms with Gasteiger partial charge in [0, 0.05) is 6.54 Å². The van der Waals surface area contributed by atoms with E-state index >= 15 is 0 Å². The smallest absolute Gasteiger partial charge is 0.240 e. The van der Waals surface area contributed by atoms with Gasteiger partial charge in [0.1, 0.15) is 0 Å². The molecular weight excluding hydrogens is 208 g/mol. The van der Waals surface area contributed by atoms with E-state index in [1.54, 1.807) is 18.3 Å². The van der Waals surface area contributed by atoms with Crippen LogP contribution >= 0.6 is 11.3 Å². The summed E-state index contributed by atoms with van der Waals surface area (Å²) in [6.07, 6.45) is 0.640. The maximum absolute atomic E-state index is 11.7. The van der Waals surface area contributed by atoms with Crippen molar-refractivity contribution in [2.45, 2.75) is 39.3 Å². The topological polar surface area (TPSA) is 55.1 Å². The molecule has 1 unspecified atom stereocenters. The molecule has 0 saturated carbocycles. The Labute approximate surface area is 94.7 Å². The standard InChI is InChI=1S/C11H18N2OS/c1-4-11(3,12)10(14)13-5-9-7-15-6-8(9)2/h6-7H,4-5,12H2,1-3H3,(H,13,14). The Morgan fingerprint density at radius 3 is 2.73 bits per heavy atom. The molecule has 0 aliphatic rings. The highest BCUT2D eigenvalue weighted by Gasteiger charge is 2.25. The van der Waals surface area contributed by atoms with E-state index in [-0.39, 0.29) is 5.91 Å². The number of amides is 1. The third kappa shape index (κ3) is 3.04. The van der Waals surface area contributed by atoms with Crippen LogP contribution in [0.15, 0.2) is 10.8 Å². The van der Waals surface area contributed by atoms with Gasteiger partial charge in [-0.3, -0.25) is 4.79 Å². The molecule has 84 valence electrons. The molecule has 15 heavy (non-hydrogen) atoms. The lowest BCUT2D eigenvalue weighted by Crippen LogP contribution is -2.50. The molecular formula is C11H18N2OS. The average molecular weight is 226 g/mol. The summed E-state index contributed by atoms with van der Waals surface area (Å²) >= 11 is 1.65. The molecule has 3 nitrogen and oxygen atoms in total. The van der Waals surface area contributed by atoms with Gasteiger partial charge in [0.15, 0.2) is 0 Å². The number of nitrogens with one attached hydrogen (secondary N) is 1. The lowest BCUT2D eigenvalue weighted by molar-refractivity contribution is -0.126. The van der Waals surface area contributed by atoms with E-state index in [1.165, 1.54) is 11.1 Å². The first-order valence-corrected chi connectivity index (χ1v) is 6.00. The Morgan fingerprint density at radius 2 is 2.27 bits per heavy atom. The van der Waals surface area contributed by atoms with E-state index in [2.05, 4.69) is 16.1 Å². The molecule has 0 aliphatic carbocycles. The largest absolute Gasteiger partial charge is 0.350 e. The van der Waals surface area contributed by atoms with Crippen LogP contribution in [0.3, 0.4) is 0 Å². The fraction of sp³-hybridized carbons (Fsp3) is 0.545. The normalized spacial score (nSPS) is 14.7. The van der Waals surface area contributed by atoms with E-state index in [9.17, 15) is 4.79 Å². The fourth-order valence-corrected chi connectivity index (χ4v) is 1.96. The molecule has 1 aromatic heterocycles. The second kappa shape index (κ2) is 4.77. The van der Waals surface area contributed by atoms with Gasteiger partial charge >= 0.3 is 0 Å². The zero-order valence-electron chi connectivity index (χ0n) is 9.46.